The number of aryl methyl sites for hydroxylation is 1. The Morgan fingerprint density at radius 1 is 1.12 bits per heavy atom. The first-order valence-corrected chi connectivity index (χ1v) is 10.4. The first-order valence-electron chi connectivity index (χ1n) is 7.38. The van der Waals surface area contributed by atoms with Gasteiger partial charge in [0.05, 0.1) is 4.90 Å². The molecular formula is C17H16Cl3NO2S. The van der Waals surface area contributed by atoms with Gasteiger partial charge in [0.1, 0.15) is 0 Å². The smallest absolute Gasteiger partial charge is 0.261 e. The molecule has 3 rings (SSSR count). The van der Waals surface area contributed by atoms with Crippen LogP contribution in [0.4, 0.5) is 0 Å². The Labute approximate surface area is 156 Å². The summed E-state index contributed by atoms with van der Waals surface area (Å²) in [5.41, 5.74) is 3.99. The van der Waals surface area contributed by atoms with Crippen molar-refractivity contribution in [1.29, 1.82) is 0 Å². The second kappa shape index (κ2) is 6.50. The van der Waals surface area contributed by atoms with Crippen molar-refractivity contribution in [3.05, 3.63) is 62.6 Å². The van der Waals surface area contributed by atoms with Gasteiger partial charge in [0.25, 0.3) is 9.05 Å². The molecule has 0 bridgehead atoms. The van der Waals surface area contributed by atoms with E-state index in [-0.39, 0.29) is 10.8 Å². The van der Waals surface area contributed by atoms with E-state index >= 15 is 0 Å². The molecule has 0 spiro atoms. The van der Waals surface area contributed by atoms with E-state index in [4.69, 9.17) is 33.9 Å². The highest BCUT2D eigenvalue weighted by Gasteiger charge is 2.28. The minimum atomic E-state index is -3.78. The molecule has 128 valence electrons. The quantitative estimate of drug-likeness (QED) is 0.674. The fourth-order valence-corrected chi connectivity index (χ4v) is 4.61. The summed E-state index contributed by atoms with van der Waals surface area (Å²) in [6.07, 6.45) is 0. The lowest BCUT2D eigenvalue weighted by Gasteiger charge is -2.34. The third-order valence-corrected chi connectivity index (χ3v) is 6.31. The fourth-order valence-electron chi connectivity index (χ4n) is 3.26. The molecule has 1 aliphatic heterocycles. The van der Waals surface area contributed by atoms with Crippen LogP contribution in [-0.2, 0) is 15.6 Å². The third-order valence-electron chi connectivity index (χ3n) is 4.40. The van der Waals surface area contributed by atoms with Crippen LogP contribution in [0.1, 0.15) is 28.2 Å². The summed E-state index contributed by atoms with van der Waals surface area (Å²) in [4.78, 5) is 2.27. The maximum atomic E-state index is 11.7. The van der Waals surface area contributed by atoms with Crippen LogP contribution in [0.2, 0.25) is 10.0 Å². The second-order valence-corrected chi connectivity index (χ2v) is 9.57. The van der Waals surface area contributed by atoms with Crippen molar-refractivity contribution in [2.24, 2.45) is 0 Å². The van der Waals surface area contributed by atoms with Crippen molar-refractivity contribution in [3.63, 3.8) is 0 Å². The lowest BCUT2D eigenvalue weighted by Crippen LogP contribution is -2.31. The predicted octanol–water partition coefficient (Wildman–Crippen LogP) is 4.81. The summed E-state index contributed by atoms with van der Waals surface area (Å²) < 4.78 is 23.4. The van der Waals surface area contributed by atoms with Crippen LogP contribution in [0.3, 0.4) is 0 Å². The van der Waals surface area contributed by atoms with Gasteiger partial charge in [-0.1, -0.05) is 29.3 Å². The van der Waals surface area contributed by atoms with Crippen LogP contribution in [-0.4, -0.2) is 26.9 Å². The molecular weight excluding hydrogens is 389 g/mol. The third kappa shape index (κ3) is 3.44. The summed E-state index contributed by atoms with van der Waals surface area (Å²) in [7, 11) is 3.75. The number of benzene rings is 2. The lowest BCUT2D eigenvalue weighted by atomic mass is 9.83. The Hall–Kier alpha value is -0.780. The fraction of sp³-hybridized carbons (Fsp3) is 0.294. The van der Waals surface area contributed by atoms with E-state index in [1.807, 2.05) is 20.0 Å². The van der Waals surface area contributed by atoms with E-state index in [0.29, 0.717) is 10.0 Å². The standard InChI is InChI=1S/C17H16Cl3NO2S/c1-10-3-4-12(24(20,22)23)7-13(10)15-8-21(2)9-16-14(15)5-11(18)6-17(16)19/h3-7,15H,8-9H2,1-2H3. The van der Waals surface area contributed by atoms with Gasteiger partial charge < -0.3 is 4.90 Å². The number of likely N-dealkylation sites (N-methyl/N-ethyl adjacent to an activating group) is 1. The van der Waals surface area contributed by atoms with Crippen LogP contribution < -0.4 is 0 Å². The van der Waals surface area contributed by atoms with Crippen molar-refractivity contribution in [3.8, 4) is 0 Å². The number of hydrogen-bond donors (Lipinski definition) is 0. The van der Waals surface area contributed by atoms with Crippen LogP contribution in [0, 0.1) is 6.92 Å². The zero-order valence-electron chi connectivity index (χ0n) is 13.2. The number of rotatable bonds is 2. The van der Waals surface area contributed by atoms with E-state index in [1.54, 1.807) is 18.2 Å². The van der Waals surface area contributed by atoms with Crippen molar-refractivity contribution < 1.29 is 8.42 Å². The maximum absolute atomic E-state index is 11.7. The molecule has 0 fully saturated rings. The Bertz CT molecular complexity index is 912. The molecule has 2 aromatic rings. The molecule has 0 N–H and O–H groups in total. The zero-order chi connectivity index (χ0) is 17.6. The Morgan fingerprint density at radius 2 is 1.83 bits per heavy atom. The summed E-state index contributed by atoms with van der Waals surface area (Å²) in [5, 5.41) is 1.21. The minimum Gasteiger partial charge on any atom is -0.301 e. The van der Waals surface area contributed by atoms with E-state index in [1.165, 1.54) is 6.07 Å². The van der Waals surface area contributed by atoms with Gasteiger partial charge in [0.15, 0.2) is 0 Å². The monoisotopic (exact) mass is 403 g/mol. The van der Waals surface area contributed by atoms with Gasteiger partial charge in [-0.25, -0.2) is 8.42 Å². The van der Waals surface area contributed by atoms with Crippen molar-refractivity contribution >= 4 is 42.9 Å². The summed E-state index contributed by atoms with van der Waals surface area (Å²) in [5.74, 6) is -0.0201. The molecule has 1 aliphatic rings. The van der Waals surface area contributed by atoms with Gasteiger partial charge >= 0.3 is 0 Å². The lowest BCUT2D eigenvalue weighted by molar-refractivity contribution is 0.295. The molecule has 0 aromatic heterocycles. The number of halogens is 3. The molecule has 0 saturated heterocycles. The van der Waals surface area contributed by atoms with Gasteiger partial charge in [0.2, 0.25) is 0 Å². The van der Waals surface area contributed by atoms with Crippen molar-refractivity contribution in [2.45, 2.75) is 24.3 Å². The van der Waals surface area contributed by atoms with Gasteiger partial charge in [-0.15, -0.1) is 0 Å². The molecule has 1 heterocycles. The highest BCUT2D eigenvalue weighted by Crippen LogP contribution is 2.40. The Morgan fingerprint density at radius 3 is 2.50 bits per heavy atom. The molecule has 0 aliphatic carbocycles. The summed E-state index contributed by atoms with van der Waals surface area (Å²) >= 11 is 12.6. The average Bonchev–Trinajstić information content (AvgIpc) is 2.47. The van der Waals surface area contributed by atoms with Crippen LogP contribution in [0.25, 0.3) is 0 Å². The molecule has 0 saturated carbocycles. The molecule has 1 unspecified atom stereocenters. The van der Waals surface area contributed by atoms with E-state index < -0.39 is 9.05 Å². The van der Waals surface area contributed by atoms with E-state index in [2.05, 4.69) is 4.90 Å². The van der Waals surface area contributed by atoms with Crippen LogP contribution in [0.15, 0.2) is 35.2 Å². The number of nitrogens with zero attached hydrogens (tertiary/aromatic N) is 1. The van der Waals surface area contributed by atoms with Crippen LogP contribution >= 0.6 is 33.9 Å². The Kier molecular flexibility index (Phi) is 4.89. The minimum absolute atomic E-state index is 0.0201. The molecule has 2 aromatic carbocycles. The maximum Gasteiger partial charge on any atom is 0.261 e. The highest BCUT2D eigenvalue weighted by atomic mass is 35.7. The number of fused-ring (bicyclic) bond motifs is 1. The molecule has 3 nitrogen and oxygen atoms in total. The van der Waals surface area contributed by atoms with Gasteiger partial charge in [0, 0.05) is 39.7 Å². The Balaban J connectivity index is 2.21. The first-order chi connectivity index (χ1) is 11.2. The molecule has 7 heteroatoms. The summed E-state index contributed by atoms with van der Waals surface area (Å²) in [6.45, 7) is 3.44. The van der Waals surface area contributed by atoms with Crippen molar-refractivity contribution in [2.75, 3.05) is 13.6 Å². The van der Waals surface area contributed by atoms with E-state index in [0.717, 1.165) is 35.3 Å². The molecule has 0 amide bonds. The normalized spacial score (nSPS) is 18.5. The predicted molar refractivity (Wildman–Crippen MR) is 98.9 cm³/mol. The van der Waals surface area contributed by atoms with Crippen molar-refractivity contribution in [1.82, 2.24) is 4.90 Å². The SMILES string of the molecule is Cc1ccc(S(=O)(=O)Cl)cc1C1CN(C)Cc2c(Cl)cc(Cl)cc21. The summed E-state index contributed by atoms with van der Waals surface area (Å²) in [6, 6.07) is 8.62. The first kappa shape index (κ1) is 18.0. The van der Waals surface area contributed by atoms with E-state index in [9.17, 15) is 8.42 Å². The molecule has 1 atom stereocenters. The zero-order valence-corrected chi connectivity index (χ0v) is 16.3. The number of hydrogen-bond acceptors (Lipinski definition) is 3. The second-order valence-electron chi connectivity index (χ2n) is 6.16. The largest absolute Gasteiger partial charge is 0.301 e. The molecule has 24 heavy (non-hydrogen) atoms. The van der Waals surface area contributed by atoms with Gasteiger partial charge in [-0.3, -0.25) is 0 Å². The van der Waals surface area contributed by atoms with Gasteiger partial charge in [-0.2, -0.15) is 0 Å². The molecule has 0 radical (unpaired) electrons. The topological polar surface area (TPSA) is 37.4 Å². The average molecular weight is 405 g/mol. The highest BCUT2D eigenvalue weighted by molar-refractivity contribution is 8.13. The van der Waals surface area contributed by atoms with Crippen LogP contribution in [0.5, 0.6) is 0 Å². The van der Waals surface area contributed by atoms with Gasteiger partial charge in [-0.05, 0) is 60.5 Å².